The SMILES string of the molecule is CCCC1(C(=O)O)CCN(C(CC)c2ccccc2)CC1. The predicted octanol–water partition coefficient (Wildman–Crippen LogP) is 4.10. The zero-order valence-corrected chi connectivity index (χ0v) is 13.2. The smallest absolute Gasteiger partial charge is 0.309 e. The van der Waals surface area contributed by atoms with E-state index in [1.165, 1.54) is 5.56 Å². The van der Waals surface area contributed by atoms with E-state index in [1.807, 2.05) is 6.07 Å². The summed E-state index contributed by atoms with van der Waals surface area (Å²) in [6, 6.07) is 11.0. The minimum atomic E-state index is -0.600. The zero-order valence-electron chi connectivity index (χ0n) is 13.2. The minimum absolute atomic E-state index is 0.416. The third kappa shape index (κ3) is 3.46. The number of hydrogen-bond acceptors (Lipinski definition) is 2. The van der Waals surface area contributed by atoms with Gasteiger partial charge in [0.05, 0.1) is 5.41 Å². The molecular formula is C18H27NO2. The third-order valence-electron chi connectivity index (χ3n) is 4.95. The molecule has 1 aliphatic rings. The predicted molar refractivity (Wildman–Crippen MR) is 85.3 cm³/mol. The van der Waals surface area contributed by atoms with Crippen LogP contribution in [0.15, 0.2) is 30.3 Å². The van der Waals surface area contributed by atoms with Crippen molar-refractivity contribution < 1.29 is 9.90 Å². The molecule has 1 heterocycles. The Kier molecular flexibility index (Phi) is 5.40. The Labute approximate surface area is 128 Å². The average Bonchev–Trinajstić information content (AvgIpc) is 2.51. The Hall–Kier alpha value is -1.35. The van der Waals surface area contributed by atoms with Crippen molar-refractivity contribution in [3.8, 4) is 0 Å². The van der Waals surface area contributed by atoms with Gasteiger partial charge in [-0.1, -0.05) is 50.6 Å². The van der Waals surface area contributed by atoms with E-state index in [2.05, 4.69) is 43.0 Å². The van der Waals surface area contributed by atoms with Gasteiger partial charge in [0.2, 0.25) is 0 Å². The number of likely N-dealkylation sites (tertiary alicyclic amines) is 1. The van der Waals surface area contributed by atoms with E-state index in [0.717, 1.165) is 45.2 Å². The Morgan fingerprint density at radius 3 is 2.33 bits per heavy atom. The molecule has 2 rings (SSSR count). The van der Waals surface area contributed by atoms with Crippen molar-refractivity contribution in [1.82, 2.24) is 4.90 Å². The van der Waals surface area contributed by atoms with Crippen LogP contribution in [0, 0.1) is 5.41 Å². The summed E-state index contributed by atoms with van der Waals surface area (Å²) in [5.41, 5.74) is 0.860. The van der Waals surface area contributed by atoms with Gasteiger partial charge in [-0.2, -0.15) is 0 Å². The first-order valence-electron chi connectivity index (χ1n) is 8.15. The van der Waals surface area contributed by atoms with Crippen molar-refractivity contribution in [3.05, 3.63) is 35.9 Å². The Morgan fingerprint density at radius 2 is 1.86 bits per heavy atom. The summed E-state index contributed by atoms with van der Waals surface area (Å²) in [6.45, 7) is 6.07. The topological polar surface area (TPSA) is 40.5 Å². The fourth-order valence-electron chi connectivity index (χ4n) is 3.69. The van der Waals surface area contributed by atoms with Crippen molar-refractivity contribution >= 4 is 5.97 Å². The van der Waals surface area contributed by atoms with E-state index in [-0.39, 0.29) is 0 Å². The summed E-state index contributed by atoms with van der Waals surface area (Å²) in [6.07, 6.45) is 4.37. The highest BCUT2D eigenvalue weighted by Crippen LogP contribution is 2.39. The Morgan fingerprint density at radius 1 is 1.24 bits per heavy atom. The van der Waals surface area contributed by atoms with Crippen LogP contribution in [0.5, 0.6) is 0 Å². The van der Waals surface area contributed by atoms with Crippen LogP contribution in [-0.4, -0.2) is 29.1 Å². The number of rotatable bonds is 6. The minimum Gasteiger partial charge on any atom is -0.481 e. The van der Waals surface area contributed by atoms with E-state index >= 15 is 0 Å². The normalized spacial score (nSPS) is 20.1. The Balaban J connectivity index is 2.07. The van der Waals surface area contributed by atoms with Gasteiger partial charge in [-0.15, -0.1) is 0 Å². The molecule has 0 bridgehead atoms. The molecule has 116 valence electrons. The largest absolute Gasteiger partial charge is 0.481 e. The summed E-state index contributed by atoms with van der Waals surface area (Å²) in [5, 5.41) is 9.60. The standard InChI is InChI=1S/C18H27NO2/c1-3-10-18(17(20)21)11-13-19(14-12-18)16(4-2)15-8-6-5-7-9-15/h5-9,16H,3-4,10-14H2,1-2H3,(H,20,21). The molecule has 1 N–H and O–H groups in total. The Bertz CT molecular complexity index is 450. The number of nitrogens with zero attached hydrogens (tertiary/aromatic N) is 1. The number of aliphatic carboxylic acids is 1. The number of carboxylic acids is 1. The maximum Gasteiger partial charge on any atom is 0.309 e. The fourth-order valence-corrected chi connectivity index (χ4v) is 3.69. The van der Waals surface area contributed by atoms with Gasteiger partial charge in [0.15, 0.2) is 0 Å². The van der Waals surface area contributed by atoms with Gasteiger partial charge in [0.1, 0.15) is 0 Å². The lowest BCUT2D eigenvalue weighted by Gasteiger charge is -2.42. The zero-order chi connectivity index (χ0) is 15.3. The quantitative estimate of drug-likeness (QED) is 0.857. The maximum absolute atomic E-state index is 11.7. The molecule has 1 atom stereocenters. The van der Waals surface area contributed by atoms with E-state index in [0.29, 0.717) is 6.04 Å². The molecule has 1 aliphatic heterocycles. The molecule has 1 saturated heterocycles. The van der Waals surface area contributed by atoms with Crippen LogP contribution in [0.3, 0.4) is 0 Å². The summed E-state index contributed by atoms with van der Waals surface area (Å²) >= 11 is 0. The summed E-state index contributed by atoms with van der Waals surface area (Å²) < 4.78 is 0. The van der Waals surface area contributed by atoms with E-state index in [9.17, 15) is 9.90 Å². The first kappa shape index (κ1) is 16.0. The van der Waals surface area contributed by atoms with Gasteiger partial charge >= 0.3 is 5.97 Å². The number of carbonyl (C=O) groups is 1. The van der Waals surface area contributed by atoms with Gasteiger partial charge in [-0.05, 0) is 44.3 Å². The van der Waals surface area contributed by atoms with Gasteiger partial charge in [0.25, 0.3) is 0 Å². The highest BCUT2D eigenvalue weighted by atomic mass is 16.4. The lowest BCUT2D eigenvalue weighted by molar-refractivity contribution is -0.153. The van der Waals surface area contributed by atoms with E-state index in [1.54, 1.807) is 0 Å². The molecule has 1 fully saturated rings. The molecule has 0 amide bonds. The molecule has 1 aromatic carbocycles. The van der Waals surface area contributed by atoms with Crippen LogP contribution in [0.4, 0.5) is 0 Å². The molecule has 3 heteroatoms. The van der Waals surface area contributed by atoms with E-state index < -0.39 is 11.4 Å². The maximum atomic E-state index is 11.7. The molecule has 3 nitrogen and oxygen atoms in total. The highest BCUT2D eigenvalue weighted by Gasteiger charge is 2.41. The highest BCUT2D eigenvalue weighted by molar-refractivity contribution is 5.74. The molecule has 0 spiro atoms. The number of carboxylic acid groups (broad SMARTS) is 1. The molecular weight excluding hydrogens is 262 g/mol. The van der Waals surface area contributed by atoms with Crippen molar-refractivity contribution in [1.29, 1.82) is 0 Å². The van der Waals surface area contributed by atoms with Crippen molar-refractivity contribution in [2.45, 2.75) is 52.0 Å². The number of benzene rings is 1. The molecule has 0 saturated carbocycles. The number of piperidine rings is 1. The lowest BCUT2D eigenvalue weighted by Crippen LogP contribution is -2.45. The first-order chi connectivity index (χ1) is 10.1. The van der Waals surface area contributed by atoms with Crippen LogP contribution >= 0.6 is 0 Å². The molecule has 1 unspecified atom stereocenters. The van der Waals surface area contributed by atoms with Gasteiger partial charge < -0.3 is 5.11 Å². The molecule has 0 radical (unpaired) electrons. The third-order valence-corrected chi connectivity index (χ3v) is 4.95. The van der Waals surface area contributed by atoms with Crippen LogP contribution in [-0.2, 0) is 4.79 Å². The van der Waals surface area contributed by atoms with Gasteiger partial charge in [-0.3, -0.25) is 9.69 Å². The van der Waals surface area contributed by atoms with Gasteiger partial charge in [0, 0.05) is 6.04 Å². The average molecular weight is 289 g/mol. The molecule has 0 aromatic heterocycles. The number of hydrogen-bond donors (Lipinski definition) is 1. The second kappa shape index (κ2) is 7.08. The van der Waals surface area contributed by atoms with Crippen LogP contribution in [0.1, 0.15) is 57.6 Å². The monoisotopic (exact) mass is 289 g/mol. The summed E-state index contributed by atoms with van der Waals surface area (Å²) in [7, 11) is 0. The fraction of sp³-hybridized carbons (Fsp3) is 0.611. The van der Waals surface area contributed by atoms with Crippen LogP contribution < -0.4 is 0 Å². The molecule has 21 heavy (non-hydrogen) atoms. The van der Waals surface area contributed by atoms with Gasteiger partial charge in [-0.25, -0.2) is 0 Å². The van der Waals surface area contributed by atoms with Crippen LogP contribution in [0.2, 0.25) is 0 Å². The van der Waals surface area contributed by atoms with Crippen LogP contribution in [0.25, 0.3) is 0 Å². The summed E-state index contributed by atoms with van der Waals surface area (Å²) in [4.78, 5) is 14.1. The van der Waals surface area contributed by atoms with Crippen molar-refractivity contribution in [2.24, 2.45) is 5.41 Å². The lowest BCUT2D eigenvalue weighted by atomic mass is 9.74. The summed E-state index contributed by atoms with van der Waals surface area (Å²) in [5.74, 6) is -0.600. The van der Waals surface area contributed by atoms with Crippen molar-refractivity contribution in [2.75, 3.05) is 13.1 Å². The molecule has 1 aromatic rings. The first-order valence-corrected chi connectivity index (χ1v) is 8.15. The van der Waals surface area contributed by atoms with Crippen molar-refractivity contribution in [3.63, 3.8) is 0 Å². The second-order valence-electron chi connectivity index (χ2n) is 6.21. The molecule has 0 aliphatic carbocycles. The van der Waals surface area contributed by atoms with E-state index in [4.69, 9.17) is 0 Å². The second-order valence-corrected chi connectivity index (χ2v) is 6.21.